The molecule has 8 nitrogen and oxygen atoms in total. The summed E-state index contributed by atoms with van der Waals surface area (Å²) in [5, 5.41) is 32.6. The van der Waals surface area contributed by atoms with Crippen molar-refractivity contribution in [1.82, 2.24) is 9.78 Å². The summed E-state index contributed by atoms with van der Waals surface area (Å²) < 4.78 is 12.3. The van der Waals surface area contributed by atoms with Gasteiger partial charge in [-0.3, -0.25) is 9.48 Å². The van der Waals surface area contributed by atoms with Gasteiger partial charge >= 0.3 is 5.97 Å². The van der Waals surface area contributed by atoms with Crippen molar-refractivity contribution in [1.29, 1.82) is 0 Å². The molecule has 2 rings (SSSR count). The van der Waals surface area contributed by atoms with Crippen molar-refractivity contribution in [2.75, 3.05) is 13.7 Å². The van der Waals surface area contributed by atoms with Gasteiger partial charge in [0.15, 0.2) is 6.29 Å². The number of nitrogens with zero attached hydrogens (tertiary/aromatic N) is 2. The lowest BCUT2D eigenvalue weighted by atomic mass is 9.82. The Balaban J connectivity index is 2.23. The van der Waals surface area contributed by atoms with Crippen LogP contribution in [0.25, 0.3) is 0 Å². The Morgan fingerprint density at radius 1 is 1.20 bits per heavy atom. The lowest BCUT2D eigenvalue weighted by Crippen LogP contribution is -2.28. The number of aliphatic hydroxyl groups is 3. The third-order valence-electron chi connectivity index (χ3n) is 5.41. The van der Waals surface area contributed by atoms with Crippen LogP contribution in [0.3, 0.4) is 0 Å². The predicted octanol–water partition coefficient (Wildman–Crippen LogP) is 1.62. The van der Waals surface area contributed by atoms with Crippen molar-refractivity contribution >= 4 is 5.97 Å². The number of esters is 1. The number of hydrogen-bond acceptors (Lipinski definition) is 7. The SMILES string of the molecule is COC(=O)Cc1c([C@H](C)C(CCO)C(C)OCc2ccccc2)cnn1CC(O)O. The summed E-state index contributed by atoms with van der Waals surface area (Å²) >= 11 is 0. The molecule has 2 aromatic rings. The van der Waals surface area contributed by atoms with Crippen LogP contribution >= 0.6 is 0 Å². The van der Waals surface area contributed by atoms with E-state index in [4.69, 9.17) is 9.47 Å². The summed E-state index contributed by atoms with van der Waals surface area (Å²) in [4.78, 5) is 11.9. The standard InChI is InChI=1S/C22H32N2O6/c1-15(18(9-10-25)16(2)30-14-17-7-5-4-6-8-17)19-12-23-24(13-21(26)27)20(19)11-22(28)29-3/h4-8,12,15-16,18,21,25-27H,9-11,13-14H2,1-3H3/t15-,16?,18?/m1/s1. The number of ether oxygens (including phenoxy) is 2. The first-order valence-electron chi connectivity index (χ1n) is 10.1. The Hall–Kier alpha value is -2.26. The molecule has 3 atom stereocenters. The number of rotatable bonds is 12. The lowest BCUT2D eigenvalue weighted by Gasteiger charge is -2.29. The monoisotopic (exact) mass is 420 g/mol. The number of benzene rings is 1. The molecule has 0 fully saturated rings. The number of carbonyl (C=O) groups excluding carboxylic acids is 1. The highest BCUT2D eigenvalue weighted by Crippen LogP contribution is 2.33. The molecule has 0 bridgehead atoms. The van der Waals surface area contributed by atoms with E-state index in [0.29, 0.717) is 18.7 Å². The van der Waals surface area contributed by atoms with Gasteiger partial charge in [0.05, 0.1) is 44.7 Å². The van der Waals surface area contributed by atoms with Crippen LogP contribution in [-0.4, -0.2) is 57.2 Å². The number of methoxy groups -OCH3 is 1. The maximum absolute atomic E-state index is 11.9. The Kier molecular flexibility index (Phi) is 9.45. The zero-order chi connectivity index (χ0) is 22.1. The van der Waals surface area contributed by atoms with Gasteiger partial charge in [0.1, 0.15) is 0 Å². The second-order valence-corrected chi connectivity index (χ2v) is 7.43. The van der Waals surface area contributed by atoms with Gasteiger partial charge in [-0.25, -0.2) is 0 Å². The number of hydrogen-bond donors (Lipinski definition) is 3. The highest BCUT2D eigenvalue weighted by Gasteiger charge is 2.29. The largest absolute Gasteiger partial charge is 0.469 e. The molecule has 8 heteroatoms. The van der Waals surface area contributed by atoms with Gasteiger partial charge in [-0.1, -0.05) is 37.3 Å². The van der Waals surface area contributed by atoms with Gasteiger partial charge < -0.3 is 24.8 Å². The Morgan fingerprint density at radius 3 is 2.50 bits per heavy atom. The second kappa shape index (κ2) is 11.8. The fourth-order valence-corrected chi connectivity index (χ4v) is 3.72. The van der Waals surface area contributed by atoms with E-state index in [9.17, 15) is 20.1 Å². The molecule has 0 amide bonds. The van der Waals surface area contributed by atoms with Crippen molar-refractivity contribution in [3.63, 3.8) is 0 Å². The molecule has 1 aromatic carbocycles. The minimum atomic E-state index is -1.59. The maximum atomic E-state index is 11.9. The minimum absolute atomic E-state index is 0.00384. The van der Waals surface area contributed by atoms with Gasteiger partial charge in [-0.2, -0.15) is 5.10 Å². The van der Waals surface area contributed by atoms with Crippen LogP contribution in [0, 0.1) is 5.92 Å². The normalized spacial score (nSPS) is 14.5. The first-order valence-corrected chi connectivity index (χ1v) is 10.1. The van der Waals surface area contributed by atoms with Gasteiger partial charge in [-0.15, -0.1) is 0 Å². The predicted molar refractivity (Wildman–Crippen MR) is 110 cm³/mol. The van der Waals surface area contributed by atoms with Gasteiger partial charge in [-0.05, 0) is 36.3 Å². The van der Waals surface area contributed by atoms with Gasteiger partial charge in [0.25, 0.3) is 0 Å². The average Bonchev–Trinajstić information content (AvgIpc) is 3.11. The molecule has 0 aliphatic carbocycles. The molecule has 1 heterocycles. The quantitative estimate of drug-likeness (QED) is 0.353. The summed E-state index contributed by atoms with van der Waals surface area (Å²) in [6.45, 7) is 4.29. The summed E-state index contributed by atoms with van der Waals surface area (Å²) in [5.74, 6) is -0.566. The molecule has 0 radical (unpaired) electrons. The average molecular weight is 421 g/mol. The van der Waals surface area contributed by atoms with E-state index < -0.39 is 12.3 Å². The molecule has 3 N–H and O–H groups in total. The molecule has 2 unspecified atom stereocenters. The van der Waals surface area contributed by atoms with E-state index in [1.165, 1.54) is 11.8 Å². The third-order valence-corrected chi connectivity index (χ3v) is 5.41. The van der Waals surface area contributed by atoms with Crippen LogP contribution in [0.15, 0.2) is 36.5 Å². The van der Waals surface area contributed by atoms with Crippen molar-refractivity contribution in [3.8, 4) is 0 Å². The topological polar surface area (TPSA) is 114 Å². The van der Waals surface area contributed by atoms with Crippen LogP contribution in [-0.2, 0) is 33.8 Å². The smallest absolute Gasteiger partial charge is 0.311 e. The Morgan fingerprint density at radius 2 is 1.90 bits per heavy atom. The van der Waals surface area contributed by atoms with E-state index in [0.717, 1.165) is 11.1 Å². The zero-order valence-electron chi connectivity index (χ0n) is 17.8. The first-order chi connectivity index (χ1) is 14.4. The summed E-state index contributed by atoms with van der Waals surface area (Å²) in [7, 11) is 1.31. The van der Waals surface area contributed by atoms with Crippen molar-refractivity contribution in [2.45, 2.75) is 58.2 Å². The molecular formula is C22H32N2O6. The molecule has 0 saturated carbocycles. The molecule has 166 valence electrons. The molecule has 0 spiro atoms. The summed E-state index contributed by atoms with van der Waals surface area (Å²) in [6, 6.07) is 9.86. The number of aromatic nitrogens is 2. The van der Waals surface area contributed by atoms with E-state index in [1.807, 2.05) is 44.2 Å². The van der Waals surface area contributed by atoms with E-state index >= 15 is 0 Å². The molecule has 0 aliphatic rings. The second-order valence-electron chi connectivity index (χ2n) is 7.43. The van der Waals surface area contributed by atoms with Crippen LogP contribution in [0.2, 0.25) is 0 Å². The molecule has 30 heavy (non-hydrogen) atoms. The number of aliphatic hydroxyl groups excluding tert-OH is 2. The first kappa shape index (κ1) is 24.0. The molecule has 0 aliphatic heterocycles. The molecule has 1 aromatic heterocycles. The Labute approximate surface area is 177 Å². The highest BCUT2D eigenvalue weighted by atomic mass is 16.5. The third kappa shape index (κ3) is 6.63. The fraction of sp³-hybridized carbons (Fsp3) is 0.545. The van der Waals surface area contributed by atoms with Gasteiger partial charge in [0.2, 0.25) is 0 Å². The molecular weight excluding hydrogens is 388 g/mol. The number of carbonyl (C=O) groups is 1. The van der Waals surface area contributed by atoms with Crippen LogP contribution in [0.4, 0.5) is 0 Å². The minimum Gasteiger partial charge on any atom is -0.469 e. The van der Waals surface area contributed by atoms with E-state index in [2.05, 4.69) is 5.10 Å². The molecule has 0 saturated heterocycles. The van der Waals surface area contributed by atoms with Crippen molar-refractivity contribution < 1.29 is 29.6 Å². The van der Waals surface area contributed by atoms with Crippen molar-refractivity contribution in [3.05, 3.63) is 53.3 Å². The summed E-state index contributed by atoms with van der Waals surface area (Å²) in [6.07, 6.45) is 0.367. The van der Waals surface area contributed by atoms with E-state index in [-0.39, 0.29) is 37.5 Å². The van der Waals surface area contributed by atoms with Crippen LogP contribution in [0.5, 0.6) is 0 Å². The maximum Gasteiger partial charge on any atom is 0.311 e. The van der Waals surface area contributed by atoms with Crippen molar-refractivity contribution in [2.24, 2.45) is 5.92 Å². The summed E-state index contributed by atoms with van der Waals surface area (Å²) in [5.41, 5.74) is 2.44. The highest BCUT2D eigenvalue weighted by molar-refractivity contribution is 5.72. The zero-order valence-corrected chi connectivity index (χ0v) is 17.8. The lowest BCUT2D eigenvalue weighted by molar-refractivity contribution is -0.140. The van der Waals surface area contributed by atoms with Gasteiger partial charge in [0, 0.05) is 6.61 Å². The fourth-order valence-electron chi connectivity index (χ4n) is 3.72. The van der Waals surface area contributed by atoms with Crippen LogP contribution in [0.1, 0.15) is 43.0 Å². The Bertz CT molecular complexity index is 777. The van der Waals surface area contributed by atoms with E-state index in [1.54, 1.807) is 6.20 Å². The van der Waals surface area contributed by atoms with Crippen LogP contribution < -0.4 is 0 Å².